The third-order valence-electron chi connectivity index (χ3n) is 6.58. The van der Waals surface area contributed by atoms with Crippen molar-refractivity contribution in [3.63, 3.8) is 0 Å². The van der Waals surface area contributed by atoms with Crippen LogP contribution >= 0.6 is 0 Å². The third kappa shape index (κ3) is 6.68. The van der Waals surface area contributed by atoms with E-state index in [0.717, 1.165) is 60.6 Å². The van der Waals surface area contributed by atoms with Crippen LogP contribution < -0.4 is 10.1 Å². The monoisotopic (exact) mass is 501 g/mol. The fourth-order valence-corrected chi connectivity index (χ4v) is 4.66. The summed E-state index contributed by atoms with van der Waals surface area (Å²) in [6.45, 7) is 2.70. The molecule has 0 amide bonds. The predicted octanol–water partition coefficient (Wildman–Crippen LogP) is 5.69. The molecule has 0 saturated carbocycles. The summed E-state index contributed by atoms with van der Waals surface area (Å²) in [7, 11) is 0. The minimum absolute atomic E-state index is 0.0411. The largest absolute Gasteiger partial charge is 0.494 e. The molecule has 2 heterocycles. The Bertz CT molecular complexity index is 1260. The number of para-hydroxylation sites is 2. The number of unbranched alkanes of at least 4 members (excludes halogenated alkanes) is 1. The van der Waals surface area contributed by atoms with Gasteiger partial charge in [0.1, 0.15) is 12.0 Å². The summed E-state index contributed by atoms with van der Waals surface area (Å²) >= 11 is 0. The van der Waals surface area contributed by atoms with Crippen molar-refractivity contribution in [3.05, 3.63) is 90.0 Å². The minimum Gasteiger partial charge on any atom is -0.494 e. The lowest BCUT2D eigenvalue weighted by molar-refractivity contribution is -0.0195. The molecule has 1 aliphatic rings. The van der Waals surface area contributed by atoms with Crippen LogP contribution in [0.15, 0.2) is 78.9 Å². The average molecular weight is 502 g/mol. The Balaban J connectivity index is 1.12. The number of anilines is 1. The van der Waals surface area contributed by atoms with Gasteiger partial charge in [-0.25, -0.2) is 4.98 Å². The number of imidazole rings is 1. The maximum absolute atomic E-state index is 9.52. The molecule has 2 N–H and O–H groups in total. The second-order valence-corrected chi connectivity index (χ2v) is 9.36. The van der Waals surface area contributed by atoms with Gasteiger partial charge in [-0.2, -0.15) is 0 Å². The first-order valence-electron chi connectivity index (χ1n) is 13.1. The summed E-state index contributed by atoms with van der Waals surface area (Å²) in [6.07, 6.45) is 3.33. The quantitative estimate of drug-likeness (QED) is 0.229. The Labute approximate surface area is 218 Å². The molecule has 1 aromatic heterocycles. The molecule has 37 heavy (non-hydrogen) atoms. The Morgan fingerprint density at radius 2 is 1.73 bits per heavy atom. The molecule has 7 heteroatoms. The number of aromatic nitrogens is 2. The highest BCUT2D eigenvalue weighted by atomic mass is 16.5. The minimum atomic E-state index is -0.140. The summed E-state index contributed by atoms with van der Waals surface area (Å²) in [5.41, 5.74) is 4.26. The number of nitrogens with zero attached hydrogens (tertiary/aromatic N) is 2. The van der Waals surface area contributed by atoms with Crippen LogP contribution in [0.4, 0.5) is 5.95 Å². The Kier molecular flexibility index (Phi) is 8.69. The lowest BCUT2D eigenvalue weighted by Gasteiger charge is -2.18. The Hall–Kier alpha value is -3.39. The molecule has 1 aliphatic heterocycles. The number of aliphatic hydroxyl groups is 1. The molecule has 5 rings (SSSR count). The number of hydrogen-bond acceptors (Lipinski definition) is 6. The highest BCUT2D eigenvalue weighted by molar-refractivity contribution is 5.78. The van der Waals surface area contributed by atoms with Crippen molar-refractivity contribution in [2.24, 2.45) is 0 Å². The van der Waals surface area contributed by atoms with Gasteiger partial charge in [-0.3, -0.25) is 4.57 Å². The number of benzene rings is 3. The van der Waals surface area contributed by atoms with E-state index in [1.54, 1.807) is 0 Å². The molecule has 4 aromatic rings. The Morgan fingerprint density at radius 1 is 0.919 bits per heavy atom. The van der Waals surface area contributed by atoms with Gasteiger partial charge in [0.05, 0.1) is 37.0 Å². The summed E-state index contributed by atoms with van der Waals surface area (Å²) in [5, 5.41) is 13.0. The van der Waals surface area contributed by atoms with Gasteiger partial charge in [0.15, 0.2) is 0 Å². The Morgan fingerprint density at radius 3 is 2.59 bits per heavy atom. The van der Waals surface area contributed by atoms with Gasteiger partial charge in [-0.15, -0.1) is 0 Å². The highest BCUT2D eigenvalue weighted by Crippen LogP contribution is 2.34. The van der Waals surface area contributed by atoms with E-state index < -0.39 is 0 Å². The van der Waals surface area contributed by atoms with Crippen LogP contribution in [-0.4, -0.2) is 40.6 Å². The topological polar surface area (TPSA) is 77.8 Å². The van der Waals surface area contributed by atoms with E-state index in [0.29, 0.717) is 19.8 Å². The second kappa shape index (κ2) is 12.7. The molecule has 0 spiro atoms. The molecule has 2 atom stereocenters. The van der Waals surface area contributed by atoms with Gasteiger partial charge >= 0.3 is 0 Å². The number of aliphatic hydroxyl groups excluding tert-OH is 1. The van der Waals surface area contributed by atoms with Crippen molar-refractivity contribution in [2.45, 2.75) is 51.2 Å². The molecule has 194 valence electrons. The van der Waals surface area contributed by atoms with Crippen molar-refractivity contribution in [1.29, 1.82) is 0 Å². The number of hydrogen-bond donors (Lipinski definition) is 2. The van der Waals surface area contributed by atoms with Gasteiger partial charge in [0, 0.05) is 13.2 Å². The summed E-state index contributed by atoms with van der Waals surface area (Å²) in [5.74, 6) is 1.63. The van der Waals surface area contributed by atoms with E-state index >= 15 is 0 Å². The van der Waals surface area contributed by atoms with Crippen molar-refractivity contribution >= 4 is 17.0 Å². The molecule has 0 bridgehead atoms. The van der Waals surface area contributed by atoms with E-state index in [1.807, 2.05) is 48.5 Å². The van der Waals surface area contributed by atoms with E-state index in [2.05, 4.69) is 40.2 Å². The van der Waals surface area contributed by atoms with Gasteiger partial charge in [0.25, 0.3) is 0 Å². The molecule has 0 aliphatic carbocycles. The predicted molar refractivity (Wildman–Crippen MR) is 145 cm³/mol. The maximum Gasteiger partial charge on any atom is 0.206 e. The number of nitrogens with one attached hydrogen (secondary N) is 1. The van der Waals surface area contributed by atoms with E-state index in [1.165, 1.54) is 5.56 Å². The molecule has 0 radical (unpaired) electrons. The number of rotatable bonds is 13. The van der Waals surface area contributed by atoms with Crippen molar-refractivity contribution in [3.8, 4) is 5.75 Å². The van der Waals surface area contributed by atoms with Crippen LogP contribution in [0.2, 0.25) is 0 Å². The van der Waals surface area contributed by atoms with Crippen LogP contribution in [0.5, 0.6) is 5.75 Å². The normalized spacial score (nSPS) is 17.3. The third-order valence-corrected chi connectivity index (χ3v) is 6.58. The molecular formula is C30H35N3O4. The van der Waals surface area contributed by atoms with Crippen LogP contribution in [0.3, 0.4) is 0 Å². The second-order valence-electron chi connectivity index (χ2n) is 9.36. The van der Waals surface area contributed by atoms with Crippen LogP contribution in [0.25, 0.3) is 11.0 Å². The zero-order valence-corrected chi connectivity index (χ0v) is 21.1. The van der Waals surface area contributed by atoms with Gasteiger partial charge in [0.2, 0.25) is 5.95 Å². The summed E-state index contributed by atoms with van der Waals surface area (Å²) < 4.78 is 19.9. The zero-order chi connectivity index (χ0) is 25.3. The zero-order valence-electron chi connectivity index (χ0n) is 21.1. The van der Waals surface area contributed by atoms with Crippen molar-refractivity contribution in [2.75, 3.05) is 25.1 Å². The van der Waals surface area contributed by atoms with E-state index in [9.17, 15) is 5.11 Å². The maximum atomic E-state index is 9.52. The number of fused-ring (bicyclic) bond motifs is 1. The van der Waals surface area contributed by atoms with Gasteiger partial charge in [-0.05, 0) is 61.1 Å². The van der Waals surface area contributed by atoms with Crippen LogP contribution in [0, 0.1) is 0 Å². The molecule has 3 aromatic carbocycles. The molecule has 7 nitrogen and oxygen atoms in total. The molecule has 1 fully saturated rings. The molecule has 1 saturated heterocycles. The summed E-state index contributed by atoms with van der Waals surface area (Å²) in [6, 6.07) is 26.5. The lowest BCUT2D eigenvalue weighted by Crippen LogP contribution is -2.16. The molecule has 0 unspecified atom stereocenters. The molecular weight excluding hydrogens is 466 g/mol. The number of ether oxygens (including phenoxy) is 3. The average Bonchev–Trinajstić information content (AvgIpc) is 3.56. The van der Waals surface area contributed by atoms with Crippen LogP contribution in [0.1, 0.15) is 43.0 Å². The SMILES string of the molecule is OC[C@@H]1CC[C@H](n2c(NCc3cccc(OCCCCOCc4ccccc4)c3)nc3ccccc32)O1. The fourth-order valence-electron chi connectivity index (χ4n) is 4.66. The fraction of sp³-hybridized carbons (Fsp3) is 0.367. The first-order valence-corrected chi connectivity index (χ1v) is 13.1. The first-order chi connectivity index (χ1) is 18.3. The first kappa shape index (κ1) is 25.3. The van der Waals surface area contributed by atoms with Crippen LogP contribution in [-0.2, 0) is 22.6 Å². The smallest absolute Gasteiger partial charge is 0.206 e. The van der Waals surface area contributed by atoms with E-state index in [-0.39, 0.29) is 18.9 Å². The highest BCUT2D eigenvalue weighted by Gasteiger charge is 2.29. The van der Waals surface area contributed by atoms with Crippen molar-refractivity contribution in [1.82, 2.24) is 9.55 Å². The van der Waals surface area contributed by atoms with E-state index in [4.69, 9.17) is 19.2 Å². The summed E-state index contributed by atoms with van der Waals surface area (Å²) in [4.78, 5) is 4.82. The van der Waals surface area contributed by atoms with Gasteiger partial charge < -0.3 is 24.6 Å². The van der Waals surface area contributed by atoms with Crippen molar-refractivity contribution < 1.29 is 19.3 Å². The standard InChI is InChI=1S/C30H35N3O4/c34-21-26-15-16-29(37-26)33-28-14-5-4-13-27(28)32-30(33)31-20-24-11-8-12-25(19-24)36-18-7-6-17-35-22-23-9-2-1-3-10-23/h1-5,8-14,19,26,29,34H,6-7,15-18,20-22H2,(H,31,32)/t26-,29+/m0/s1. The lowest BCUT2D eigenvalue weighted by atomic mass is 10.2. The van der Waals surface area contributed by atoms with Gasteiger partial charge in [-0.1, -0.05) is 54.6 Å².